The lowest BCUT2D eigenvalue weighted by molar-refractivity contribution is -0.145. The van der Waals surface area contributed by atoms with Gasteiger partial charge in [0.1, 0.15) is 0 Å². The molecule has 1 N–H and O–H groups in total. The molecule has 1 saturated heterocycles. The summed E-state index contributed by atoms with van der Waals surface area (Å²) < 4.78 is 5.40. The molecule has 124 valence electrons. The number of ether oxygens (including phenoxy) is 1. The molecule has 2 rings (SSSR count). The monoisotopic (exact) mass is 317 g/mol. The summed E-state index contributed by atoms with van der Waals surface area (Å²) in [7, 11) is 0. The first-order valence-corrected chi connectivity index (χ1v) is 7.89. The fraction of sp³-hybridized carbons (Fsp3) is 0.444. The Kier molecular flexibility index (Phi) is 5.93. The van der Waals surface area contributed by atoms with Crippen molar-refractivity contribution >= 4 is 17.4 Å². The van der Waals surface area contributed by atoms with Crippen molar-refractivity contribution in [3.05, 3.63) is 41.5 Å². The Bertz CT molecular complexity index is 592. The number of hydrogen-bond acceptors (Lipinski definition) is 3. The third-order valence-electron chi connectivity index (χ3n) is 3.95. The fourth-order valence-corrected chi connectivity index (χ4v) is 2.64. The number of morpholine rings is 1. The van der Waals surface area contributed by atoms with E-state index in [9.17, 15) is 9.59 Å². The van der Waals surface area contributed by atoms with Crippen LogP contribution in [0.1, 0.15) is 30.9 Å². The minimum absolute atomic E-state index is 0.0773. The minimum Gasteiger partial charge on any atom is -0.481 e. The molecule has 1 aromatic carbocycles. The lowest BCUT2D eigenvalue weighted by Gasteiger charge is -2.31. The van der Waals surface area contributed by atoms with Gasteiger partial charge in [-0.15, -0.1) is 0 Å². The molecule has 0 aromatic heterocycles. The highest BCUT2D eigenvalue weighted by Gasteiger charge is 2.25. The van der Waals surface area contributed by atoms with Gasteiger partial charge in [-0.2, -0.15) is 0 Å². The van der Waals surface area contributed by atoms with Crippen LogP contribution < -0.4 is 0 Å². The number of rotatable bonds is 5. The second kappa shape index (κ2) is 7.92. The number of carboxylic acids is 1. The van der Waals surface area contributed by atoms with Crippen molar-refractivity contribution in [3.63, 3.8) is 0 Å². The average Bonchev–Trinajstić information content (AvgIpc) is 2.53. The van der Waals surface area contributed by atoms with Gasteiger partial charge in [-0.3, -0.25) is 9.59 Å². The van der Waals surface area contributed by atoms with Crippen molar-refractivity contribution in [2.45, 2.75) is 32.8 Å². The Morgan fingerprint density at radius 1 is 1.35 bits per heavy atom. The van der Waals surface area contributed by atoms with Gasteiger partial charge in [0.15, 0.2) is 0 Å². The van der Waals surface area contributed by atoms with Crippen molar-refractivity contribution in [1.82, 2.24) is 4.90 Å². The predicted octanol–water partition coefficient (Wildman–Crippen LogP) is 2.49. The molecule has 5 nitrogen and oxygen atoms in total. The summed E-state index contributed by atoms with van der Waals surface area (Å²) in [5, 5.41) is 8.85. The number of carboxylic acid groups (broad SMARTS) is 1. The lowest BCUT2D eigenvalue weighted by Crippen LogP contribution is -2.45. The number of hydrogen-bond donors (Lipinski definition) is 1. The molecule has 1 fully saturated rings. The van der Waals surface area contributed by atoms with Crippen LogP contribution in [0.15, 0.2) is 30.3 Å². The van der Waals surface area contributed by atoms with Gasteiger partial charge in [-0.25, -0.2) is 0 Å². The van der Waals surface area contributed by atoms with Crippen LogP contribution in [0.3, 0.4) is 0 Å². The summed E-state index contributed by atoms with van der Waals surface area (Å²) in [5.41, 5.74) is 3.21. The quantitative estimate of drug-likeness (QED) is 0.847. The molecule has 1 unspecified atom stereocenters. The number of nitrogens with zero attached hydrogens (tertiary/aromatic N) is 1. The standard InChI is InChI=1S/C18H23NO4/c1-3-14(15-6-4-13(2)5-7-15)10-17(20)19-8-9-23-16(12-19)11-18(21)22/h4-7,10,16H,3,8-9,11-12H2,1-2H3,(H,21,22)/b14-10-. The molecule has 0 saturated carbocycles. The summed E-state index contributed by atoms with van der Waals surface area (Å²) in [5.74, 6) is -0.991. The maximum absolute atomic E-state index is 12.5. The van der Waals surface area contributed by atoms with E-state index in [1.807, 2.05) is 38.1 Å². The lowest BCUT2D eigenvalue weighted by atomic mass is 10.0. The van der Waals surface area contributed by atoms with Gasteiger partial charge >= 0.3 is 5.97 Å². The number of carbonyl (C=O) groups is 2. The Morgan fingerprint density at radius 3 is 2.65 bits per heavy atom. The smallest absolute Gasteiger partial charge is 0.306 e. The van der Waals surface area contributed by atoms with Crippen molar-refractivity contribution in [2.24, 2.45) is 0 Å². The zero-order valence-electron chi connectivity index (χ0n) is 13.6. The van der Waals surface area contributed by atoms with Crippen LogP contribution >= 0.6 is 0 Å². The average molecular weight is 317 g/mol. The summed E-state index contributed by atoms with van der Waals surface area (Å²) >= 11 is 0. The molecule has 1 amide bonds. The second-order valence-electron chi connectivity index (χ2n) is 5.76. The Hall–Kier alpha value is -2.14. The van der Waals surface area contributed by atoms with Crippen LogP contribution in [0.25, 0.3) is 5.57 Å². The molecular weight excluding hydrogens is 294 g/mol. The molecule has 1 heterocycles. The molecule has 1 atom stereocenters. The Balaban J connectivity index is 2.08. The molecule has 1 aromatic rings. The number of allylic oxidation sites excluding steroid dienone is 1. The normalized spacial score (nSPS) is 18.8. The molecule has 5 heteroatoms. The molecule has 0 spiro atoms. The Morgan fingerprint density at radius 2 is 2.04 bits per heavy atom. The molecule has 0 bridgehead atoms. The van der Waals surface area contributed by atoms with Gasteiger partial charge in [0.25, 0.3) is 0 Å². The highest BCUT2D eigenvalue weighted by molar-refractivity contribution is 5.95. The van der Waals surface area contributed by atoms with Crippen molar-refractivity contribution in [2.75, 3.05) is 19.7 Å². The predicted molar refractivity (Wildman–Crippen MR) is 88.0 cm³/mol. The van der Waals surface area contributed by atoms with Gasteiger partial charge in [-0.1, -0.05) is 36.8 Å². The van der Waals surface area contributed by atoms with Gasteiger partial charge in [-0.05, 0) is 24.5 Å². The van der Waals surface area contributed by atoms with Crippen LogP contribution in [0, 0.1) is 6.92 Å². The molecule has 0 aliphatic carbocycles. The molecule has 1 aliphatic rings. The third-order valence-corrected chi connectivity index (χ3v) is 3.95. The first kappa shape index (κ1) is 17.2. The number of carbonyl (C=O) groups excluding carboxylic acids is 1. The molecule has 0 radical (unpaired) electrons. The van der Waals surface area contributed by atoms with Gasteiger partial charge < -0.3 is 14.7 Å². The number of aliphatic carboxylic acids is 1. The van der Waals surface area contributed by atoms with Crippen LogP contribution in [-0.4, -0.2) is 47.7 Å². The third kappa shape index (κ3) is 4.93. The van der Waals surface area contributed by atoms with Crippen molar-refractivity contribution < 1.29 is 19.4 Å². The van der Waals surface area contributed by atoms with E-state index in [1.165, 1.54) is 5.56 Å². The zero-order chi connectivity index (χ0) is 16.8. The van der Waals surface area contributed by atoms with Crippen LogP contribution in [0.4, 0.5) is 0 Å². The maximum atomic E-state index is 12.5. The summed E-state index contributed by atoms with van der Waals surface area (Å²) in [6.07, 6.45) is 1.92. The highest BCUT2D eigenvalue weighted by atomic mass is 16.5. The van der Waals surface area contributed by atoms with Gasteiger partial charge in [0.2, 0.25) is 5.91 Å². The summed E-state index contributed by atoms with van der Waals surface area (Å²) in [4.78, 5) is 24.9. The van der Waals surface area contributed by atoms with E-state index in [0.717, 1.165) is 17.6 Å². The Labute approximate surface area is 136 Å². The van der Waals surface area contributed by atoms with E-state index >= 15 is 0 Å². The maximum Gasteiger partial charge on any atom is 0.306 e. The zero-order valence-corrected chi connectivity index (χ0v) is 13.6. The number of aryl methyl sites for hydroxylation is 1. The van der Waals surface area contributed by atoms with Crippen LogP contribution in [0.2, 0.25) is 0 Å². The molecular formula is C18H23NO4. The first-order valence-electron chi connectivity index (χ1n) is 7.89. The highest BCUT2D eigenvalue weighted by Crippen LogP contribution is 2.19. The fourth-order valence-electron chi connectivity index (χ4n) is 2.64. The summed E-state index contributed by atoms with van der Waals surface area (Å²) in [6.45, 7) is 5.25. The number of benzene rings is 1. The van der Waals surface area contributed by atoms with Crippen molar-refractivity contribution in [3.8, 4) is 0 Å². The van der Waals surface area contributed by atoms with E-state index in [4.69, 9.17) is 9.84 Å². The SMILES string of the molecule is CC/C(=C/C(=O)N1CCOC(CC(=O)O)C1)c1ccc(C)cc1. The number of amides is 1. The first-order chi connectivity index (χ1) is 11.0. The van der Waals surface area contributed by atoms with E-state index in [0.29, 0.717) is 19.7 Å². The van der Waals surface area contributed by atoms with E-state index in [1.54, 1.807) is 11.0 Å². The largest absolute Gasteiger partial charge is 0.481 e. The van der Waals surface area contributed by atoms with Gasteiger partial charge in [0, 0.05) is 19.2 Å². The van der Waals surface area contributed by atoms with Crippen molar-refractivity contribution in [1.29, 1.82) is 0 Å². The van der Waals surface area contributed by atoms with E-state index in [2.05, 4.69) is 0 Å². The summed E-state index contributed by atoms with van der Waals surface area (Å²) in [6, 6.07) is 8.09. The minimum atomic E-state index is -0.909. The molecule has 1 aliphatic heterocycles. The van der Waals surface area contributed by atoms with E-state index < -0.39 is 12.1 Å². The van der Waals surface area contributed by atoms with Gasteiger partial charge in [0.05, 0.1) is 19.1 Å². The topological polar surface area (TPSA) is 66.8 Å². The van der Waals surface area contributed by atoms with E-state index in [-0.39, 0.29) is 12.3 Å². The second-order valence-corrected chi connectivity index (χ2v) is 5.76. The van der Waals surface area contributed by atoms with Crippen LogP contribution in [0.5, 0.6) is 0 Å². The van der Waals surface area contributed by atoms with Crippen LogP contribution in [-0.2, 0) is 14.3 Å². The molecule has 23 heavy (non-hydrogen) atoms.